The highest BCUT2D eigenvalue weighted by Crippen LogP contribution is 2.40. The van der Waals surface area contributed by atoms with Crippen molar-refractivity contribution in [1.29, 1.82) is 0 Å². The number of anilines is 1. The molecular weight excluding hydrogens is 398 g/mol. The van der Waals surface area contributed by atoms with Crippen LogP contribution in [0.5, 0.6) is 0 Å². The number of tetrazole rings is 1. The van der Waals surface area contributed by atoms with Gasteiger partial charge in [-0.2, -0.15) is 4.80 Å². The Morgan fingerprint density at radius 1 is 1.16 bits per heavy atom. The molecule has 0 aliphatic carbocycles. The number of amides is 1. The number of cyclic esters (lactones) is 1. The zero-order chi connectivity index (χ0) is 20.9. The lowest BCUT2D eigenvalue weighted by Gasteiger charge is -2.16. The Morgan fingerprint density at radius 3 is 2.81 bits per heavy atom. The third-order valence-corrected chi connectivity index (χ3v) is 5.65. The molecule has 1 unspecified atom stereocenters. The number of hydrogen-bond acceptors (Lipinski definition) is 8. The smallest absolute Gasteiger partial charge is 0.415 e. The second-order valence-electron chi connectivity index (χ2n) is 7.57. The number of fused-ring (bicyclic) bond motifs is 3. The Kier molecular flexibility index (Phi) is 3.82. The molecule has 6 rings (SSSR count). The zero-order valence-electron chi connectivity index (χ0n) is 16.5. The van der Waals surface area contributed by atoms with Crippen molar-refractivity contribution < 1.29 is 9.53 Å². The van der Waals surface area contributed by atoms with Crippen molar-refractivity contribution in [2.45, 2.75) is 25.1 Å². The Bertz CT molecular complexity index is 1270. The molecule has 1 saturated heterocycles. The first-order chi connectivity index (χ1) is 15.2. The quantitative estimate of drug-likeness (QED) is 0.492. The minimum atomic E-state index is -0.316. The minimum Gasteiger partial charge on any atom is -0.442 e. The highest BCUT2D eigenvalue weighted by atomic mass is 16.6. The average molecular weight is 415 g/mol. The second-order valence-corrected chi connectivity index (χ2v) is 7.57. The summed E-state index contributed by atoms with van der Waals surface area (Å²) in [5, 5.41) is 19.8. The van der Waals surface area contributed by atoms with Gasteiger partial charge >= 0.3 is 6.09 Å². The van der Waals surface area contributed by atoms with E-state index in [2.05, 4.69) is 36.8 Å². The molecule has 154 valence electrons. The van der Waals surface area contributed by atoms with E-state index in [0.717, 1.165) is 28.8 Å². The first kappa shape index (κ1) is 17.7. The number of nitrogens with zero attached hydrogens (tertiary/aromatic N) is 9. The van der Waals surface area contributed by atoms with E-state index in [1.165, 1.54) is 4.80 Å². The van der Waals surface area contributed by atoms with Crippen molar-refractivity contribution in [3.8, 4) is 22.6 Å². The maximum Gasteiger partial charge on any atom is 0.415 e. The lowest BCUT2D eigenvalue weighted by molar-refractivity contribution is 0.117. The molecule has 2 aliphatic rings. The van der Waals surface area contributed by atoms with Gasteiger partial charge in [-0.25, -0.2) is 9.48 Å². The van der Waals surface area contributed by atoms with Gasteiger partial charge in [-0.3, -0.25) is 9.88 Å². The number of aromatic nitrogens is 8. The predicted octanol–water partition coefficient (Wildman–Crippen LogP) is 1.48. The van der Waals surface area contributed by atoms with Crippen LogP contribution in [-0.4, -0.2) is 58.4 Å². The third-order valence-electron chi connectivity index (χ3n) is 5.65. The zero-order valence-corrected chi connectivity index (χ0v) is 16.5. The molecule has 0 bridgehead atoms. The van der Waals surface area contributed by atoms with E-state index in [0.29, 0.717) is 18.1 Å². The first-order valence-corrected chi connectivity index (χ1v) is 9.83. The van der Waals surface area contributed by atoms with E-state index in [9.17, 15) is 4.79 Å². The molecular formula is C20H17N9O2. The van der Waals surface area contributed by atoms with Gasteiger partial charge in [0.2, 0.25) is 5.82 Å². The fourth-order valence-electron chi connectivity index (χ4n) is 4.21. The predicted molar refractivity (Wildman–Crippen MR) is 108 cm³/mol. The molecule has 0 saturated carbocycles. The van der Waals surface area contributed by atoms with Gasteiger partial charge in [0.15, 0.2) is 0 Å². The van der Waals surface area contributed by atoms with Crippen molar-refractivity contribution >= 4 is 11.8 Å². The maximum atomic E-state index is 12.5. The van der Waals surface area contributed by atoms with Crippen LogP contribution in [0.1, 0.15) is 5.56 Å². The van der Waals surface area contributed by atoms with Crippen LogP contribution < -0.4 is 4.90 Å². The Balaban J connectivity index is 1.26. The van der Waals surface area contributed by atoms with Crippen LogP contribution in [0.4, 0.5) is 10.5 Å². The Hall–Kier alpha value is -4.15. The van der Waals surface area contributed by atoms with Gasteiger partial charge < -0.3 is 4.74 Å². The molecule has 0 N–H and O–H groups in total. The number of hydrogen-bond donors (Lipinski definition) is 0. The topological polar surface area (TPSA) is 117 Å². The largest absolute Gasteiger partial charge is 0.442 e. The van der Waals surface area contributed by atoms with Crippen molar-refractivity contribution in [1.82, 2.24) is 40.2 Å². The summed E-state index contributed by atoms with van der Waals surface area (Å²) in [6.45, 7) is 0.482. The van der Waals surface area contributed by atoms with Crippen LogP contribution in [0.25, 0.3) is 22.6 Å². The molecule has 11 nitrogen and oxygen atoms in total. The fraction of sp³-hybridized carbons (Fsp3) is 0.250. The summed E-state index contributed by atoms with van der Waals surface area (Å²) in [6, 6.07) is 9.90. The summed E-state index contributed by atoms with van der Waals surface area (Å²) < 4.78 is 7.29. The number of aryl methyl sites for hydroxylation is 1. The molecule has 2 aliphatic heterocycles. The summed E-state index contributed by atoms with van der Waals surface area (Å²) in [7, 11) is 1.72. The maximum absolute atomic E-state index is 12.5. The van der Waals surface area contributed by atoms with Crippen LogP contribution >= 0.6 is 0 Å². The summed E-state index contributed by atoms with van der Waals surface area (Å²) in [6.07, 6.45) is 5.32. The van der Waals surface area contributed by atoms with Gasteiger partial charge in [-0.15, -0.1) is 15.3 Å². The molecule has 0 radical (unpaired) electrons. The first-order valence-electron chi connectivity index (χ1n) is 9.83. The summed E-state index contributed by atoms with van der Waals surface area (Å²) in [5.41, 5.74) is 4.68. The molecule has 31 heavy (non-hydrogen) atoms. The molecule has 5 heterocycles. The molecule has 0 spiro atoms. The number of rotatable bonds is 4. The average Bonchev–Trinajstić information content (AvgIpc) is 3.55. The van der Waals surface area contributed by atoms with Crippen LogP contribution in [0.2, 0.25) is 0 Å². The molecule has 1 amide bonds. The standard InChI is InChI=1S/C20H17N9O2/c1-27-24-19(23-26-27)15-4-2-13(10-21-15)12-3-5-16-14(8-12)9-17-18(31-20(30)29(16)17)11-28-7-6-22-25-28/h2-8,10,17-18H,9,11H2,1H3/t17-,18?/m0/s1. The Morgan fingerprint density at radius 2 is 2.06 bits per heavy atom. The minimum absolute atomic E-state index is 0.0508. The third kappa shape index (κ3) is 2.93. The number of pyridine rings is 1. The van der Waals surface area contributed by atoms with Gasteiger partial charge in [0, 0.05) is 18.0 Å². The van der Waals surface area contributed by atoms with Crippen LogP contribution in [0.15, 0.2) is 48.9 Å². The van der Waals surface area contributed by atoms with E-state index in [1.807, 2.05) is 24.3 Å². The number of benzene rings is 1. The molecule has 11 heteroatoms. The second kappa shape index (κ2) is 6.69. The van der Waals surface area contributed by atoms with E-state index in [1.54, 1.807) is 35.2 Å². The monoisotopic (exact) mass is 415 g/mol. The SMILES string of the molecule is Cn1nnc(-c2ccc(-c3ccc4c(c3)C[C@H]3C(Cn5ccnn5)OC(=O)N43)cn2)n1. The fourth-order valence-corrected chi connectivity index (χ4v) is 4.21. The van der Waals surface area contributed by atoms with Crippen LogP contribution in [0.3, 0.4) is 0 Å². The van der Waals surface area contributed by atoms with Crippen molar-refractivity contribution in [3.05, 3.63) is 54.5 Å². The van der Waals surface area contributed by atoms with Crippen LogP contribution in [-0.2, 0) is 24.8 Å². The Labute approximate surface area is 176 Å². The van der Waals surface area contributed by atoms with Gasteiger partial charge in [-0.1, -0.05) is 17.3 Å². The van der Waals surface area contributed by atoms with E-state index in [-0.39, 0.29) is 18.2 Å². The molecule has 3 aromatic heterocycles. The van der Waals surface area contributed by atoms with E-state index < -0.39 is 0 Å². The summed E-state index contributed by atoms with van der Waals surface area (Å²) in [5.74, 6) is 0.487. The van der Waals surface area contributed by atoms with E-state index in [4.69, 9.17) is 4.74 Å². The van der Waals surface area contributed by atoms with Crippen molar-refractivity contribution in [3.63, 3.8) is 0 Å². The molecule has 2 atom stereocenters. The van der Waals surface area contributed by atoms with Gasteiger partial charge in [0.25, 0.3) is 0 Å². The van der Waals surface area contributed by atoms with Gasteiger partial charge in [0.1, 0.15) is 11.8 Å². The molecule has 4 aromatic rings. The van der Waals surface area contributed by atoms with Crippen LogP contribution in [0, 0.1) is 0 Å². The van der Waals surface area contributed by atoms with Gasteiger partial charge in [0.05, 0.1) is 31.5 Å². The van der Waals surface area contributed by atoms with Gasteiger partial charge in [-0.05, 0) is 41.0 Å². The number of ether oxygens (including phenoxy) is 1. The van der Waals surface area contributed by atoms with E-state index >= 15 is 0 Å². The highest BCUT2D eigenvalue weighted by Gasteiger charge is 2.47. The summed E-state index contributed by atoms with van der Waals surface area (Å²) >= 11 is 0. The summed E-state index contributed by atoms with van der Waals surface area (Å²) in [4.78, 5) is 20.1. The highest BCUT2D eigenvalue weighted by molar-refractivity contribution is 5.94. The molecule has 1 aromatic carbocycles. The number of carbonyl (C=O) groups is 1. The normalized spacial score (nSPS) is 19.4. The molecule has 1 fully saturated rings. The number of carbonyl (C=O) groups excluding carboxylic acids is 1. The lowest BCUT2D eigenvalue weighted by Crippen LogP contribution is -2.35. The van der Waals surface area contributed by atoms with Crippen molar-refractivity contribution in [2.24, 2.45) is 7.05 Å². The lowest BCUT2D eigenvalue weighted by atomic mass is 10.0. The van der Waals surface area contributed by atoms with Crippen molar-refractivity contribution in [2.75, 3.05) is 4.90 Å².